The summed E-state index contributed by atoms with van der Waals surface area (Å²) in [6.07, 6.45) is 3.01. The Morgan fingerprint density at radius 3 is 2.86 bits per heavy atom. The maximum Gasteiger partial charge on any atom is 0.309 e. The SMILES string of the molecule is COc1cc2c(Nc3cc(CC(=O)O)[nH]n3)ncnc2cc1OCCCCCl. The monoisotopic (exact) mass is 405 g/mol. The Hall–Kier alpha value is -3.07. The third-order valence-electron chi connectivity index (χ3n) is 3.93. The summed E-state index contributed by atoms with van der Waals surface area (Å²) in [4.78, 5) is 19.4. The molecule has 2 heterocycles. The van der Waals surface area contributed by atoms with E-state index in [1.54, 1.807) is 25.3 Å². The van der Waals surface area contributed by atoms with Gasteiger partial charge in [0, 0.05) is 29.1 Å². The van der Waals surface area contributed by atoms with Crippen LogP contribution in [0.4, 0.5) is 11.6 Å². The number of nitrogens with one attached hydrogen (secondary N) is 2. The van der Waals surface area contributed by atoms with Gasteiger partial charge in [-0.2, -0.15) is 5.10 Å². The summed E-state index contributed by atoms with van der Waals surface area (Å²) in [7, 11) is 1.57. The number of nitrogens with zero attached hydrogens (tertiary/aromatic N) is 3. The minimum absolute atomic E-state index is 0.141. The highest BCUT2D eigenvalue weighted by atomic mass is 35.5. The van der Waals surface area contributed by atoms with Crippen LogP contribution in [0, 0.1) is 0 Å². The second-order valence-electron chi connectivity index (χ2n) is 5.96. The largest absolute Gasteiger partial charge is 0.493 e. The summed E-state index contributed by atoms with van der Waals surface area (Å²) in [5, 5.41) is 19.4. The van der Waals surface area contributed by atoms with Gasteiger partial charge in [0.2, 0.25) is 0 Å². The number of H-pyrrole nitrogens is 1. The average Bonchev–Trinajstić information content (AvgIpc) is 3.11. The lowest BCUT2D eigenvalue weighted by Gasteiger charge is -2.13. The smallest absolute Gasteiger partial charge is 0.309 e. The molecule has 0 radical (unpaired) electrons. The Kier molecular flexibility index (Phi) is 6.49. The van der Waals surface area contributed by atoms with E-state index in [1.807, 2.05) is 0 Å². The molecule has 0 aliphatic heterocycles. The maximum absolute atomic E-state index is 10.8. The number of alkyl halides is 1. The molecule has 0 aliphatic rings. The highest BCUT2D eigenvalue weighted by molar-refractivity contribution is 6.17. The summed E-state index contributed by atoms with van der Waals surface area (Å²) in [6, 6.07) is 5.20. The van der Waals surface area contributed by atoms with Crippen molar-refractivity contribution >= 4 is 40.1 Å². The normalized spacial score (nSPS) is 10.8. The van der Waals surface area contributed by atoms with Crippen LogP contribution < -0.4 is 14.8 Å². The number of carbonyl (C=O) groups is 1. The number of hydrogen-bond acceptors (Lipinski definition) is 7. The lowest BCUT2D eigenvalue weighted by molar-refractivity contribution is -0.136. The number of hydrogen-bond donors (Lipinski definition) is 3. The van der Waals surface area contributed by atoms with Crippen molar-refractivity contribution in [1.82, 2.24) is 20.2 Å². The molecule has 1 aromatic carbocycles. The Bertz CT molecular complexity index is 962. The number of ether oxygens (including phenoxy) is 2. The van der Waals surface area contributed by atoms with Crippen LogP contribution in [-0.2, 0) is 11.2 Å². The van der Waals surface area contributed by atoms with Gasteiger partial charge in [-0.25, -0.2) is 9.97 Å². The molecular formula is C18H20ClN5O4. The number of rotatable bonds is 10. The molecule has 0 atom stereocenters. The minimum Gasteiger partial charge on any atom is -0.493 e. The lowest BCUT2D eigenvalue weighted by Crippen LogP contribution is -2.01. The zero-order chi connectivity index (χ0) is 19.9. The minimum atomic E-state index is -0.939. The quantitative estimate of drug-likeness (QED) is 0.347. The number of anilines is 2. The Morgan fingerprint density at radius 1 is 1.25 bits per heavy atom. The molecule has 0 bridgehead atoms. The van der Waals surface area contributed by atoms with Gasteiger partial charge >= 0.3 is 5.97 Å². The van der Waals surface area contributed by atoms with Crippen molar-refractivity contribution in [3.05, 3.63) is 30.2 Å². The summed E-state index contributed by atoms with van der Waals surface area (Å²) in [5.41, 5.74) is 1.16. The van der Waals surface area contributed by atoms with Crippen LogP contribution in [0.15, 0.2) is 24.5 Å². The van der Waals surface area contributed by atoms with E-state index in [2.05, 4.69) is 25.5 Å². The number of unbranched alkanes of at least 4 members (excludes halogenated alkanes) is 1. The van der Waals surface area contributed by atoms with E-state index in [4.69, 9.17) is 26.2 Å². The van der Waals surface area contributed by atoms with Crippen molar-refractivity contribution in [3.63, 3.8) is 0 Å². The summed E-state index contributed by atoms with van der Waals surface area (Å²) in [6.45, 7) is 0.532. The first-order valence-electron chi connectivity index (χ1n) is 8.65. The number of aliphatic carboxylic acids is 1. The second kappa shape index (κ2) is 9.23. The molecule has 0 unspecified atom stereocenters. The fraction of sp³-hybridized carbons (Fsp3) is 0.333. The molecule has 3 aromatic rings. The number of fused-ring (bicyclic) bond motifs is 1. The Balaban J connectivity index is 1.85. The fourth-order valence-electron chi connectivity index (χ4n) is 2.62. The van der Waals surface area contributed by atoms with E-state index in [9.17, 15) is 4.79 Å². The van der Waals surface area contributed by atoms with Crippen LogP contribution in [0.5, 0.6) is 11.5 Å². The van der Waals surface area contributed by atoms with Gasteiger partial charge in [0.1, 0.15) is 12.1 Å². The summed E-state index contributed by atoms with van der Waals surface area (Å²) < 4.78 is 11.2. The molecule has 3 N–H and O–H groups in total. The number of aromatic amines is 1. The zero-order valence-electron chi connectivity index (χ0n) is 15.2. The van der Waals surface area contributed by atoms with Gasteiger partial charge in [-0.3, -0.25) is 9.89 Å². The van der Waals surface area contributed by atoms with E-state index in [0.717, 1.165) is 18.2 Å². The molecule has 0 amide bonds. The van der Waals surface area contributed by atoms with Gasteiger partial charge in [-0.05, 0) is 18.9 Å². The predicted molar refractivity (Wildman–Crippen MR) is 105 cm³/mol. The Morgan fingerprint density at radius 2 is 2.11 bits per heavy atom. The Labute approximate surface area is 166 Å². The summed E-state index contributed by atoms with van der Waals surface area (Å²) >= 11 is 5.69. The number of benzene rings is 1. The first kappa shape index (κ1) is 19.7. The van der Waals surface area contributed by atoms with Gasteiger partial charge in [0.15, 0.2) is 17.3 Å². The van der Waals surface area contributed by atoms with Gasteiger partial charge in [-0.1, -0.05) is 0 Å². The van der Waals surface area contributed by atoms with Gasteiger partial charge in [-0.15, -0.1) is 11.6 Å². The molecule has 9 nitrogen and oxygen atoms in total. The molecule has 28 heavy (non-hydrogen) atoms. The van der Waals surface area contributed by atoms with Crippen molar-refractivity contribution in [2.45, 2.75) is 19.3 Å². The van der Waals surface area contributed by atoms with Crippen LogP contribution in [-0.4, -0.2) is 50.8 Å². The van der Waals surface area contributed by atoms with Crippen LogP contribution in [0.3, 0.4) is 0 Å². The highest BCUT2D eigenvalue weighted by Crippen LogP contribution is 2.34. The van der Waals surface area contributed by atoms with Gasteiger partial charge < -0.3 is 19.9 Å². The maximum atomic E-state index is 10.8. The zero-order valence-corrected chi connectivity index (χ0v) is 16.0. The fourth-order valence-corrected chi connectivity index (χ4v) is 2.80. The number of carboxylic acid groups (broad SMARTS) is 1. The van der Waals surface area contributed by atoms with Crippen molar-refractivity contribution in [3.8, 4) is 11.5 Å². The molecular weight excluding hydrogens is 386 g/mol. The van der Waals surface area contributed by atoms with E-state index in [0.29, 0.717) is 46.8 Å². The standard InChI is InChI=1S/C18H20ClN5O4/c1-27-14-8-12-13(9-15(14)28-5-3-2-4-19)20-10-21-18(12)22-16-6-11(23-24-16)7-17(25)26/h6,8-10H,2-5,7H2,1H3,(H,25,26)(H2,20,21,22,23,24). The number of aromatic nitrogens is 4. The molecule has 148 valence electrons. The average molecular weight is 406 g/mol. The van der Waals surface area contributed by atoms with Crippen molar-refractivity contribution in [2.75, 3.05) is 24.9 Å². The van der Waals surface area contributed by atoms with Crippen molar-refractivity contribution in [2.24, 2.45) is 0 Å². The van der Waals surface area contributed by atoms with E-state index >= 15 is 0 Å². The first-order chi connectivity index (χ1) is 13.6. The second-order valence-corrected chi connectivity index (χ2v) is 6.34. The molecule has 0 spiro atoms. The van der Waals surface area contributed by atoms with E-state index < -0.39 is 5.97 Å². The molecule has 0 fully saturated rings. The lowest BCUT2D eigenvalue weighted by atomic mass is 10.2. The van der Waals surface area contributed by atoms with Crippen LogP contribution >= 0.6 is 11.6 Å². The topological polar surface area (TPSA) is 122 Å². The van der Waals surface area contributed by atoms with Gasteiger partial charge in [0.25, 0.3) is 0 Å². The highest BCUT2D eigenvalue weighted by Gasteiger charge is 2.13. The van der Waals surface area contributed by atoms with Crippen LogP contribution in [0.1, 0.15) is 18.5 Å². The van der Waals surface area contributed by atoms with Gasteiger partial charge in [0.05, 0.1) is 25.7 Å². The van der Waals surface area contributed by atoms with E-state index in [-0.39, 0.29) is 6.42 Å². The summed E-state index contributed by atoms with van der Waals surface area (Å²) in [5.74, 6) is 1.79. The van der Waals surface area contributed by atoms with Crippen LogP contribution in [0.2, 0.25) is 0 Å². The molecule has 0 saturated heterocycles. The number of carboxylic acids is 1. The van der Waals surface area contributed by atoms with Crippen molar-refractivity contribution < 1.29 is 19.4 Å². The molecule has 3 rings (SSSR count). The number of halogens is 1. The first-order valence-corrected chi connectivity index (χ1v) is 9.18. The van der Waals surface area contributed by atoms with E-state index in [1.165, 1.54) is 6.33 Å². The third-order valence-corrected chi connectivity index (χ3v) is 4.19. The molecule has 0 saturated carbocycles. The van der Waals surface area contributed by atoms with Crippen LogP contribution in [0.25, 0.3) is 10.9 Å². The molecule has 0 aliphatic carbocycles. The molecule has 2 aromatic heterocycles. The van der Waals surface area contributed by atoms with Crippen molar-refractivity contribution in [1.29, 1.82) is 0 Å². The predicted octanol–water partition coefficient (Wildman–Crippen LogP) is 3.13. The third kappa shape index (κ3) is 4.80. The number of methoxy groups -OCH3 is 1. The molecule has 10 heteroatoms.